The molecule has 0 fully saturated rings. The third kappa shape index (κ3) is 4.67. The van der Waals surface area contributed by atoms with Gasteiger partial charge in [-0.2, -0.15) is 13.2 Å². The number of nitrogens with one attached hydrogen (secondary N) is 1. The van der Waals surface area contributed by atoms with Gasteiger partial charge in [0.15, 0.2) is 0 Å². The molecule has 18 heavy (non-hydrogen) atoms. The Balaban J connectivity index is 2.87. The smallest absolute Gasteiger partial charge is 0.310 e. The van der Waals surface area contributed by atoms with Crippen molar-refractivity contribution < 1.29 is 13.2 Å². The number of alkyl halides is 3. The molecule has 0 amide bonds. The van der Waals surface area contributed by atoms with Crippen LogP contribution in [0.3, 0.4) is 0 Å². The Hall–Kier alpha value is -0.450. The second kappa shape index (κ2) is 6.64. The van der Waals surface area contributed by atoms with E-state index >= 15 is 0 Å². The Morgan fingerprint density at radius 1 is 1.28 bits per heavy atom. The van der Waals surface area contributed by atoms with Crippen LogP contribution in [-0.4, -0.2) is 12.7 Å². The number of halogens is 5. The zero-order chi connectivity index (χ0) is 13.8. The van der Waals surface area contributed by atoms with Gasteiger partial charge in [-0.1, -0.05) is 42.3 Å². The molecule has 1 rings (SSSR count). The van der Waals surface area contributed by atoms with Gasteiger partial charge in [-0.15, -0.1) is 0 Å². The summed E-state index contributed by atoms with van der Waals surface area (Å²) < 4.78 is 36.8. The second-order valence-electron chi connectivity index (χ2n) is 3.91. The van der Waals surface area contributed by atoms with Crippen molar-refractivity contribution in [1.82, 2.24) is 5.32 Å². The fourth-order valence-electron chi connectivity index (χ4n) is 1.71. The molecule has 1 aromatic rings. The molecule has 1 aromatic carbocycles. The van der Waals surface area contributed by atoms with Gasteiger partial charge in [-0.3, -0.25) is 0 Å². The number of benzene rings is 1. The zero-order valence-electron chi connectivity index (χ0n) is 9.82. The summed E-state index contributed by atoms with van der Waals surface area (Å²) in [7, 11) is 0. The molecule has 102 valence electrons. The topological polar surface area (TPSA) is 12.0 Å². The van der Waals surface area contributed by atoms with E-state index in [0.29, 0.717) is 22.2 Å². The molecule has 0 spiro atoms. The molecule has 6 heteroatoms. The van der Waals surface area contributed by atoms with Gasteiger partial charge in [0.05, 0.1) is 10.0 Å². The van der Waals surface area contributed by atoms with Crippen molar-refractivity contribution in [3.8, 4) is 0 Å². The Morgan fingerprint density at radius 2 is 1.94 bits per heavy atom. The molecular weight excluding hydrogens is 286 g/mol. The summed E-state index contributed by atoms with van der Waals surface area (Å²) in [5, 5.41) is 3.66. The van der Waals surface area contributed by atoms with Gasteiger partial charge in [-0.25, -0.2) is 0 Å². The van der Waals surface area contributed by atoms with Crippen molar-refractivity contribution in [2.75, 3.05) is 6.54 Å². The van der Waals surface area contributed by atoms with Crippen molar-refractivity contribution in [1.29, 1.82) is 0 Å². The summed E-state index contributed by atoms with van der Waals surface area (Å²) in [5.74, 6) is 0. The Labute approximate surface area is 114 Å². The van der Waals surface area contributed by atoms with Crippen LogP contribution >= 0.6 is 23.2 Å². The van der Waals surface area contributed by atoms with Crippen molar-refractivity contribution in [2.24, 2.45) is 0 Å². The average molecular weight is 300 g/mol. The summed E-state index contributed by atoms with van der Waals surface area (Å²) in [6.07, 6.45) is -5.08. The SMILES string of the molecule is CCNC(CCC(F)(F)F)c1cccc(Cl)c1Cl. The van der Waals surface area contributed by atoms with Crippen LogP contribution in [0.5, 0.6) is 0 Å². The van der Waals surface area contributed by atoms with E-state index in [9.17, 15) is 13.2 Å². The summed E-state index contributed by atoms with van der Waals surface area (Å²) in [4.78, 5) is 0. The van der Waals surface area contributed by atoms with Gasteiger partial charge < -0.3 is 5.32 Å². The van der Waals surface area contributed by atoms with Crippen LogP contribution < -0.4 is 5.32 Å². The van der Waals surface area contributed by atoms with Gasteiger partial charge in [0, 0.05) is 12.5 Å². The second-order valence-corrected chi connectivity index (χ2v) is 4.69. The Morgan fingerprint density at radius 3 is 2.50 bits per heavy atom. The van der Waals surface area contributed by atoms with Crippen molar-refractivity contribution in [3.63, 3.8) is 0 Å². The van der Waals surface area contributed by atoms with E-state index in [-0.39, 0.29) is 6.42 Å². The van der Waals surface area contributed by atoms with E-state index in [1.165, 1.54) is 0 Å². The lowest BCUT2D eigenvalue weighted by Gasteiger charge is -2.20. The van der Waals surface area contributed by atoms with Crippen LogP contribution in [0.1, 0.15) is 31.4 Å². The summed E-state index contributed by atoms with van der Waals surface area (Å²) in [5.41, 5.74) is 0.607. The first-order valence-electron chi connectivity index (χ1n) is 5.59. The predicted octanol–water partition coefficient (Wildman–Crippen LogP) is 4.99. The third-order valence-corrected chi connectivity index (χ3v) is 3.36. The first kappa shape index (κ1) is 15.6. The molecule has 1 nitrogen and oxygen atoms in total. The number of hydrogen-bond acceptors (Lipinski definition) is 1. The van der Waals surface area contributed by atoms with E-state index in [1.807, 2.05) is 6.92 Å². The van der Waals surface area contributed by atoms with Crippen molar-refractivity contribution in [3.05, 3.63) is 33.8 Å². The molecule has 0 bridgehead atoms. The minimum absolute atomic E-state index is 0.0581. The maximum Gasteiger partial charge on any atom is 0.389 e. The molecule has 1 unspecified atom stereocenters. The fourth-order valence-corrected chi connectivity index (χ4v) is 2.15. The van der Waals surface area contributed by atoms with E-state index in [2.05, 4.69) is 5.32 Å². The van der Waals surface area contributed by atoms with Crippen LogP contribution in [0.2, 0.25) is 10.0 Å². The van der Waals surface area contributed by atoms with E-state index < -0.39 is 18.6 Å². The molecule has 1 atom stereocenters. The fraction of sp³-hybridized carbons (Fsp3) is 0.500. The highest BCUT2D eigenvalue weighted by Gasteiger charge is 2.29. The molecule has 0 aromatic heterocycles. The molecule has 0 saturated carbocycles. The first-order valence-corrected chi connectivity index (χ1v) is 6.34. The lowest BCUT2D eigenvalue weighted by molar-refractivity contribution is -0.136. The normalized spacial score (nSPS) is 13.7. The van der Waals surface area contributed by atoms with Crippen LogP contribution in [0, 0.1) is 0 Å². The highest BCUT2D eigenvalue weighted by Crippen LogP contribution is 2.34. The van der Waals surface area contributed by atoms with Crippen LogP contribution in [0.15, 0.2) is 18.2 Å². The Kier molecular flexibility index (Phi) is 5.76. The molecule has 0 aliphatic carbocycles. The van der Waals surface area contributed by atoms with Crippen LogP contribution in [0.25, 0.3) is 0 Å². The van der Waals surface area contributed by atoms with Gasteiger partial charge in [0.1, 0.15) is 0 Å². The number of hydrogen-bond donors (Lipinski definition) is 1. The quantitative estimate of drug-likeness (QED) is 0.808. The minimum Gasteiger partial charge on any atom is -0.310 e. The molecule has 0 heterocycles. The minimum atomic E-state index is -4.17. The van der Waals surface area contributed by atoms with E-state index in [4.69, 9.17) is 23.2 Å². The van der Waals surface area contributed by atoms with E-state index in [0.717, 1.165) is 0 Å². The molecule has 0 aliphatic rings. The van der Waals surface area contributed by atoms with Crippen LogP contribution in [-0.2, 0) is 0 Å². The maximum absolute atomic E-state index is 12.3. The monoisotopic (exact) mass is 299 g/mol. The van der Waals surface area contributed by atoms with Gasteiger partial charge >= 0.3 is 6.18 Å². The summed E-state index contributed by atoms with van der Waals surface area (Å²) in [6, 6.07) is 4.54. The maximum atomic E-state index is 12.3. The van der Waals surface area contributed by atoms with Gasteiger partial charge in [0.25, 0.3) is 0 Å². The highest BCUT2D eigenvalue weighted by molar-refractivity contribution is 6.42. The standard InChI is InChI=1S/C12H14Cl2F3N/c1-2-18-10(6-7-12(15,16)17)8-4-3-5-9(13)11(8)14/h3-5,10,18H,2,6-7H2,1H3. The number of rotatable bonds is 5. The van der Waals surface area contributed by atoms with Crippen molar-refractivity contribution >= 4 is 23.2 Å². The molecule has 0 aliphatic heterocycles. The first-order chi connectivity index (χ1) is 8.35. The molecule has 0 radical (unpaired) electrons. The lowest BCUT2D eigenvalue weighted by atomic mass is 10.0. The molecule has 1 N–H and O–H groups in total. The van der Waals surface area contributed by atoms with E-state index in [1.54, 1.807) is 18.2 Å². The molecule has 0 saturated heterocycles. The summed E-state index contributed by atoms with van der Waals surface area (Å²) >= 11 is 11.9. The third-order valence-electron chi connectivity index (χ3n) is 2.52. The molecular formula is C12H14Cl2F3N. The highest BCUT2D eigenvalue weighted by atomic mass is 35.5. The summed E-state index contributed by atoms with van der Waals surface area (Å²) in [6.45, 7) is 2.39. The Bertz CT molecular complexity index is 393. The predicted molar refractivity (Wildman–Crippen MR) is 68.2 cm³/mol. The largest absolute Gasteiger partial charge is 0.389 e. The van der Waals surface area contributed by atoms with Gasteiger partial charge in [-0.05, 0) is 24.6 Å². The van der Waals surface area contributed by atoms with Crippen LogP contribution in [0.4, 0.5) is 13.2 Å². The van der Waals surface area contributed by atoms with Gasteiger partial charge in [0.2, 0.25) is 0 Å². The zero-order valence-corrected chi connectivity index (χ0v) is 11.3. The van der Waals surface area contributed by atoms with Crippen molar-refractivity contribution in [2.45, 2.75) is 32.0 Å². The average Bonchev–Trinajstić information content (AvgIpc) is 2.27. The lowest BCUT2D eigenvalue weighted by Crippen LogP contribution is -2.23.